The number of benzene rings is 1. The van der Waals surface area contributed by atoms with Crippen LogP contribution in [-0.2, 0) is 0 Å². The summed E-state index contributed by atoms with van der Waals surface area (Å²) in [7, 11) is 0. The van der Waals surface area contributed by atoms with E-state index in [4.69, 9.17) is 11.6 Å². The highest BCUT2D eigenvalue weighted by atomic mass is 35.5. The summed E-state index contributed by atoms with van der Waals surface area (Å²) in [6.45, 7) is 1.82. The van der Waals surface area contributed by atoms with Crippen LogP contribution in [0.2, 0.25) is 5.02 Å². The van der Waals surface area contributed by atoms with Crippen molar-refractivity contribution in [2.45, 2.75) is 6.92 Å². The van der Waals surface area contributed by atoms with E-state index in [1.807, 2.05) is 6.92 Å². The van der Waals surface area contributed by atoms with Gasteiger partial charge in [-0.3, -0.25) is 25.4 Å². The number of aryl methyl sites for hydroxylation is 1. The van der Waals surface area contributed by atoms with Gasteiger partial charge in [0.2, 0.25) is 0 Å². The van der Waals surface area contributed by atoms with Crippen molar-refractivity contribution in [2.75, 3.05) is 0 Å². The Morgan fingerprint density at radius 2 is 1.75 bits per heavy atom. The van der Waals surface area contributed by atoms with Crippen LogP contribution >= 0.6 is 11.6 Å². The second-order valence-electron chi connectivity index (χ2n) is 4.08. The molecule has 0 bridgehead atoms. The lowest BCUT2D eigenvalue weighted by Gasteiger charge is -2.08. The van der Waals surface area contributed by atoms with Crippen LogP contribution in [0.5, 0.6) is 0 Å². The van der Waals surface area contributed by atoms with Gasteiger partial charge in [0.15, 0.2) is 0 Å². The molecule has 20 heavy (non-hydrogen) atoms. The molecule has 0 spiro atoms. The number of carbonyl (C=O) groups is 2. The molecule has 2 N–H and O–H groups in total. The summed E-state index contributed by atoms with van der Waals surface area (Å²) in [6, 6.07) is 9.91. The Morgan fingerprint density at radius 1 is 1.05 bits per heavy atom. The molecule has 0 aliphatic carbocycles. The number of nitrogens with zero attached hydrogens (tertiary/aromatic N) is 1. The molecule has 6 heteroatoms. The number of amides is 2. The number of pyridine rings is 1. The van der Waals surface area contributed by atoms with Crippen LogP contribution in [0.4, 0.5) is 0 Å². The molecular formula is C14H12ClN3O2. The van der Waals surface area contributed by atoms with E-state index in [-0.39, 0.29) is 5.56 Å². The lowest BCUT2D eigenvalue weighted by molar-refractivity contribution is 0.0846. The maximum atomic E-state index is 11.8. The van der Waals surface area contributed by atoms with E-state index < -0.39 is 11.8 Å². The summed E-state index contributed by atoms with van der Waals surface area (Å²) in [4.78, 5) is 27.6. The number of nitrogens with one attached hydrogen (secondary N) is 2. The molecule has 1 aromatic carbocycles. The number of carbonyl (C=O) groups excluding carboxylic acids is 2. The minimum Gasteiger partial charge on any atom is -0.267 e. The zero-order valence-corrected chi connectivity index (χ0v) is 11.4. The van der Waals surface area contributed by atoms with E-state index in [0.717, 1.165) is 5.69 Å². The Kier molecular flexibility index (Phi) is 4.32. The number of hydrazine groups is 1. The molecule has 0 aliphatic rings. The number of halogens is 1. The normalized spacial score (nSPS) is 9.90. The molecule has 0 unspecified atom stereocenters. The second kappa shape index (κ2) is 6.16. The van der Waals surface area contributed by atoms with Crippen molar-refractivity contribution in [1.82, 2.24) is 15.8 Å². The number of hydrogen-bond donors (Lipinski definition) is 2. The Hall–Kier alpha value is -2.40. The molecule has 102 valence electrons. The molecule has 0 fully saturated rings. The van der Waals surface area contributed by atoms with Crippen molar-refractivity contribution in [3.63, 3.8) is 0 Å². The highest BCUT2D eigenvalue weighted by Gasteiger charge is 2.11. The topological polar surface area (TPSA) is 71.1 Å². The van der Waals surface area contributed by atoms with Gasteiger partial charge in [-0.2, -0.15) is 0 Å². The van der Waals surface area contributed by atoms with Crippen molar-refractivity contribution in [3.8, 4) is 0 Å². The molecule has 1 aromatic heterocycles. The maximum Gasteiger partial charge on any atom is 0.271 e. The lowest BCUT2D eigenvalue weighted by Crippen LogP contribution is -2.41. The average Bonchev–Trinajstić information content (AvgIpc) is 2.45. The Labute approximate surface area is 120 Å². The van der Waals surface area contributed by atoms with E-state index in [2.05, 4.69) is 15.8 Å². The fourth-order valence-corrected chi connectivity index (χ4v) is 1.72. The molecular weight excluding hydrogens is 278 g/mol. The lowest BCUT2D eigenvalue weighted by atomic mass is 10.2. The smallest absolute Gasteiger partial charge is 0.267 e. The van der Waals surface area contributed by atoms with Gasteiger partial charge >= 0.3 is 0 Å². The molecule has 0 radical (unpaired) electrons. The van der Waals surface area contributed by atoms with Gasteiger partial charge < -0.3 is 0 Å². The van der Waals surface area contributed by atoms with E-state index in [0.29, 0.717) is 10.6 Å². The highest BCUT2D eigenvalue weighted by molar-refractivity contribution is 6.33. The van der Waals surface area contributed by atoms with Gasteiger partial charge in [0.25, 0.3) is 11.8 Å². The van der Waals surface area contributed by atoms with Gasteiger partial charge in [-0.05, 0) is 31.2 Å². The number of aromatic nitrogens is 1. The molecule has 0 atom stereocenters. The first kappa shape index (κ1) is 14.0. The van der Waals surface area contributed by atoms with Crippen molar-refractivity contribution in [3.05, 3.63) is 64.4 Å². The van der Waals surface area contributed by atoms with Gasteiger partial charge in [0.1, 0.15) is 0 Å². The van der Waals surface area contributed by atoms with Crippen LogP contribution in [0.15, 0.2) is 42.6 Å². The van der Waals surface area contributed by atoms with Crippen LogP contribution in [-0.4, -0.2) is 16.8 Å². The first-order chi connectivity index (χ1) is 9.58. The second-order valence-corrected chi connectivity index (χ2v) is 4.48. The van der Waals surface area contributed by atoms with Crippen molar-refractivity contribution < 1.29 is 9.59 Å². The Morgan fingerprint density at radius 3 is 2.40 bits per heavy atom. The fraction of sp³-hybridized carbons (Fsp3) is 0.0714. The van der Waals surface area contributed by atoms with E-state index in [1.165, 1.54) is 6.20 Å². The van der Waals surface area contributed by atoms with Gasteiger partial charge in [0, 0.05) is 11.9 Å². The third-order valence-electron chi connectivity index (χ3n) is 2.58. The summed E-state index contributed by atoms with van der Waals surface area (Å²) in [6.07, 6.45) is 1.44. The molecule has 0 saturated heterocycles. The molecule has 1 heterocycles. The van der Waals surface area contributed by atoms with Gasteiger partial charge in [-0.25, -0.2) is 0 Å². The monoisotopic (exact) mass is 289 g/mol. The average molecular weight is 290 g/mol. The van der Waals surface area contributed by atoms with Crippen molar-refractivity contribution in [2.24, 2.45) is 0 Å². The first-order valence-corrected chi connectivity index (χ1v) is 6.23. The van der Waals surface area contributed by atoms with Crippen LogP contribution in [0.1, 0.15) is 26.4 Å². The first-order valence-electron chi connectivity index (χ1n) is 5.86. The summed E-state index contributed by atoms with van der Waals surface area (Å²) in [5.41, 5.74) is 6.06. The molecule has 2 rings (SSSR count). The molecule has 0 aliphatic heterocycles. The van der Waals surface area contributed by atoms with Gasteiger partial charge in [0.05, 0.1) is 16.1 Å². The standard InChI is InChI=1S/C14H12ClN3O2/c1-9-6-7-10(8-16-9)13(19)17-18-14(20)11-4-2-3-5-12(11)15/h2-8H,1H3,(H,17,19)(H,18,20). The SMILES string of the molecule is Cc1ccc(C(=O)NNC(=O)c2ccccc2Cl)cn1. The Bertz CT molecular complexity index is 641. The van der Waals surface area contributed by atoms with E-state index in [9.17, 15) is 9.59 Å². The highest BCUT2D eigenvalue weighted by Crippen LogP contribution is 2.14. The Balaban J connectivity index is 1.99. The largest absolute Gasteiger partial charge is 0.271 e. The van der Waals surface area contributed by atoms with Crippen LogP contribution in [0.3, 0.4) is 0 Å². The van der Waals surface area contributed by atoms with Crippen molar-refractivity contribution >= 4 is 23.4 Å². The number of hydrogen-bond acceptors (Lipinski definition) is 3. The summed E-state index contributed by atoms with van der Waals surface area (Å²) in [5.74, 6) is -0.929. The predicted octanol–water partition coefficient (Wildman–Crippen LogP) is 2.12. The number of rotatable bonds is 2. The van der Waals surface area contributed by atoms with Crippen LogP contribution < -0.4 is 10.9 Å². The van der Waals surface area contributed by atoms with E-state index in [1.54, 1.807) is 36.4 Å². The zero-order valence-electron chi connectivity index (χ0n) is 10.7. The minimum absolute atomic E-state index is 0.288. The van der Waals surface area contributed by atoms with Gasteiger partial charge in [-0.1, -0.05) is 23.7 Å². The van der Waals surface area contributed by atoms with Crippen LogP contribution in [0.25, 0.3) is 0 Å². The quantitative estimate of drug-likeness (QED) is 0.832. The minimum atomic E-state index is -0.482. The maximum absolute atomic E-state index is 11.8. The van der Waals surface area contributed by atoms with Gasteiger partial charge in [-0.15, -0.1) is 0 Å². The van der Waals surface area contributed by atoms with Crippen molar-refractivity contribution in [1.29, 1.82) is 0 Å². The third-order valence-corrected chi connectivity index (χ3v) is 2.91. The molecule has 2 amide bonds. The molecule has 5 nitrogen and oxygen atoms in total. The summed E-state index contributed by atoms with van der Waals surface area (Å²) >= 11 is 5.89. The van der Waals surface area contributed by atoms with E-state index >= 15 is 0 Å². The summed E-state index contributed by atoms with van der Waals surface area (Å²) < 4.78 is 0. The predicted molar refractivity (Wildman–Crippen MR) is 75.4 cm³/mol. The fourth-order valence-electron chi connectivity index (χ4n) is 1.50. The molecule has 2 aromatic rings. The van der Waals surface area contributed by atoms with Crippen LogP contribution in [0, 0.1) is 6.92 Å². The zero-order chi connectivity index (χ0) is 14.5. The summed E-state index contributed by atoms with van der Waals surface area (Å²) in [5, 5.41) is 0.316. The third kappa shape index (κ3) is 3.33. The molecule has 0 saturated carbocycles.